The van der Waals surface area contributed by atoms with Crippen molar-refractivity contribution >= 4 is 11.9 Å². The van der Waals surface area contributed by atoms with Crippen molar-refractivity contribution in [1.29, 1.82) is 0 Å². The van der Waals surface area contributed by atoms with Crippen LogP contribution in [0.5, 0.6) is 0 Å². The summed E-state index contributed by atoms with van der Waals surface area (Å²) in [4.78, 5) is 23.3. The Morgan fingerprint density at radius 2 is 1.61 bits per heavy atom. The predicted molar refractivity (Wildman–Crippen MR) is 87.7 cm³/mol. The molecule has 2 aromatic rings. The highest BCUT2D eigenvalue weighted by atomic mass is 16.5. The van der Waals surface area contributed by atoms with Crippen molar-refractivity contribution in [3.05, 3.63) is 71.3 Å². The smallest absolute Gasteiger partial charge is 0.339 e. The van der Waals surface area contributed by atoms with Gasteiger partial charge in [-0.3, -0.25) is 0 Å². The number of ether oxygens (including phenoxy) is 1. The quantitative estimate of drug-likeness (QED) is 0.786. The molecule has 0 saturated carbocycles. The van der Waals surface area contributed by atoms with Gasteiger partial charge >= 0.3 is 11.9 Å². The fourth-order valence-corrected chi connectivity index (χ4v) is 2.39. The van der Waals surface area contributed by atoms with Gasteiger partial charge in [-0.1, -0.05) is 42.5 Å². The molecule has 0 fully saturated rings. The summed E-state index contributed by atoms with van der Waals surface area (Å²) in [6.07, 6.45) is 2.30. The molecule has 0 heterocycles. The van der Waals surface area contributed by atoms with Crippen molar-refractivity contribution in [2.24, 2.45) is 0 Å². The Kier molecular flexibility index (Phi) is 5.92. The van der Waals surface area contributed by atoms with E-state index in [1.54, 1.807) is 12.1 Å². The number of esters is 1. The molecule has 1 unspecified atom stereocenters. The molecule has 0 spiro atoms. The number of carboxylic acids is 1. The Labute approximate surface area is 135 Å². The molecular weight excluding hydrogens is 292 g/mol. The van der Waals surface area contributed by atoms with Gasteiger partial charge in [0, 0.05) is 0 Å². The molecule has 1 N–H and O–H groups in total. The lowest BCUT2D eigenvalue weighted by Gasteiger charge is -2.14. The fraction of sp³-hybridized carbons (Fsp3) is 0.263. The highest BCUT2D eigenvalue weighted by molar-refractivity contribution is 6.02. The number of benzene rings is 2. The van der Waals surface area contributed by atoms with Crippen LogP contribution < -0.4 is 0 Å². The second kappa shape index (κ2) is 8.13. The maximum Gasteiger partial charge on any atom is 0.339 e. The van der Waals surface area contributed by atoms with Crippen LogP contribution in [0.25, 0.3) is 0 Å². The molecule has 120 valence electrons. The molecule has 2 rings (SSSR count). The van der Waals surface area contributed by atoms with E-state index < -0.39 is 11.9 Å². The van der Waals surface area contributed by atoms with Crippen molar-refractivity contribution in [1.82, 2.24) is 0 Å². The van der Waals surface area contributed by atoms with Crippen LogP contribution in [0.1, 0.15) is 46.0 Å². The average molecular weight is 312 g/mol. The van der Waals surface area contributed by atoms with Gasteiger partial charge in [-0.15, -0.1) is 0 Å². The number of carboxylic acid groups (broad SMARTS) is 1. The molecule has 0 aliphatic heterocycles. The molecule has 4 nitrogen and oxygen atoms in total. The van der Waals surface area contributed by atoms with Crippen molar-refractivity contribution < 1.29 is 19.4 Å². The summed E-state index contributed by atoms with van der Waals surface area (Å²) in [7, 11) is 0. The molecule has 23 heavy (non-hydrogen) atoms. The Morgan fingerprint density at radius 3 is 2.26 bits per heavy atom. The summed E-state index contributed by atoms with van der Waals surface area (Å²) in [5.74, 6) is -1.72. The lowest BCUT2D eigenvalue weighted by atomic mass is 10.1. The monoisotopic (exact) mass is 312 g/mol. The van der Waals surface area contributed by atoms with Gasteiger partial charge in [-0.2, -0.15) is 0 Å². The molecule has 0 bridgehead atoms. The first kappa shape index (κ1) is 16.7. The second-order valence-corrected chi connectivity index (χ2v) is 5.44. The van der Waals surface area contributed by atoms with Crippen LogP contribution in [0.2, 0.25) is 0 Å². The maximum absolute atomic E-state index is 12.1. The van der Waals surface area contributed by atoms with Crippen molar-refractivity contribution in [3.8, 4) is 0 Å². The Hall–Kier alpha value is -2.62. The largest absolute Gasteiger partial charge is 0.478 e. The number of carbonyl (C=O) groups is 2. The third-order valence-corrected chi connectivity index (χ3v) is 3.60. The van der Waals surface area contributed by atoms with Gasteiger partial charge in [0.15, 0.2) is 0 Å². The molecular formula is C19H20O4. The van der Waals surface area contributed by atoms with Gasteiger partial charge in [-0.25, -0.2) is 9.59 Å². The zero-order chi connectivity index (χ0) is 16.7. The van der Waals surface area contributed by atoms with E-state index >= 15 is 0 Å². The lowest BCUT2D eigenvalue weighted by molar-refractivity contribution is 0.0315. The Bertz CT molecular complexity index is 664. The lowest BCUT2D eigenvalue weighted by Crippen LogP contribution is -2.18. The zero-order valence-electron chi connectivity index (χ0n) is 13.1. The van der Waals surface area contributed by atoms with Gasteiger partial charge in [0.05, 0.1) is 17.2 Å². The molecule has 0 radical (unpaired) electrons. The van der Waals surface area contributed by atoms with Crippen LogP contribution in [0.3, 0.4) is 0 Å². The van der Waals surface area contributed by atoms with E-state index in [4.69, 9.17) is 9.84 Å². The first-order valence-corrected chi connectivity index (χ1v) is 7.65. The fourth-order valence-electron chi connectivity index (χ4n) is 2.39. The summed E-state index contributed by atoms with van der Waals surface area (Å²) in [6, 6.07) is 16.2. The summed E-state index contributed by atoms with van der Waals surface area (Å²) >= 11 is 0. The number of carbonyl (C=O) groups excluding carboxylic acids is 1. The van der Waals surface area contributed by atoms with E-state index in [9.17, 15) is 9.59 Å². The number of hydrogen-bond donors (Lipinski definition) is 1. The second-order valence-electron chi connectivity index (χ2n) is 5.44. The first-order valence-electron chi connectivity index (χ1n) is 7.65. The SMILES string of the molecule is CC(CCCc1ccccc1)OC(=O)c1ccccc1C(=O)O. The Balaban J connectivity index is 1.86. The summed E-state index contributed by atoms with van der Waals surface area (Å²) in [6.45, 7) is 1.83. The van der Waals surface area contributed by atoms with Gasteiger partial charge in [0.1, 0.15) is 0 Å². The van der Waals surface area contributed by atoms with Crippen molar-refractivity contribution in [2.75, 3.05) is 0 Å². The molecule has 1 atom stereocenters. The van der Waals surface area contributed by atoms with E-state index in [-0.39, 0.29) is 17.2 Å². The van der Waals surface area contributed by atoms with Crippen molar-refractivity contribution in [2.45, 2.75) is 32.3 Å². The van der Waals surface area contributed by atoms with Gasteiger partial charge < -0.3 is 9.84 Å². The standard InChI is InChI=1S/C19H20O4/c1-14(8-7-11-15-9-3-2-4-10-15)23-19(22)17-13-6-5-12-16(17)18(20)21/h2-6,9-10,12-14H,7-8,11H2,1H3,(H,20,21). The zero-order valence-corrected chi connectivity index (χ0v) is 13.1. The number of rotatable bonds is 7. The van der Waals surface area contributed by atoms with Crippen LogP contribution in [-0.2, 0) is 11.2 Å². The topological polar surface area (TPSA) is 63.6 Å². The van der Waals surface area contributed by atoms with E-state index in [0.29, 0.717) is 0 Å². The minimum absolute atomic E-state index is 0.0333. The van der Waals surface area contributed by atoms with E-state index in [2.05, 4.69) is 12.1 Å². The Morgan fingerprint density at radius 1 is 1.00 bits per heavy atom. The minimum atomic E-state index is -1.13. The van der Waals surface area contributed by atoms with Crippen LogP contribution in [0.4, 0.5) is 0 Å². The highest BCUT2D eigenvalue weighted by Gasteiger charge is 2.18. The average Bonchev–Trinajstić information content (AvgIpc) is 2.55. The van der Waals surface area contributed by atoms with E-state index in [0.717, 1.165) is 19.3 Å². The van der Waals surface area contributed by atoms with Gasteiger partial charge in [0.25, 0.3) is 0 Å². The third kappa shape index (κ3) is 4.95. The maximum atomic E-state index is 12.1. The molecule has 0 aromatic heterocycles. The van der Waals surface area contributed by atoms with Crippen LogP contribution in [-0.4, -0.2) is 23.1 Å². The van der Waals surface area contributed by atoms with E-state index in [1.165, 1.54) is 17.7 Å². The van der Waals surface area contributed by atoms with Crippen LogP contribution >= 0.6 is 0 Å². The summed E-state index contributed by atoms with van der Waals surface area (Å²) in [5.41, 5.74) is 1.31. The summed E-state index contributed by atoms with van der Waals surface area (Å²) in [5, 5.41) is 9.11. The van der Waals surface area contributed by atoms with E-state index in [1.807, 2.05) is 25.1 Å². The van der Waals surface area contributed by atoms with Crippen LogP contribution in [0, 0.1) is 0 Å². The van der Waals surface area contributed by atoms with Gasteiger partial charge in [-0.05, 0) is 43.9 Å². The summed E-state index contributed by atoms with van der Waals surface area (Å²) < 4.78 is 5.36. The molecule has 2 aromatic carbocycles. The third-order valence-electron chi connectivity index (χ3n) is 3.60. The number of aromatic carboxylic acids is 1. The first-order chi connectivity index (χ1) is 11.1. The molecule has 4 heteroatoms. The van der Waals surface area contributed by atoms with Crippen molar-refractivity contribution in [3.63, 3.8) is 0 Å². The predicted octanol–water partition coefficient (Wildman–Crippen LogP) is 3.95. The highest BCUT2D eigenvalue weighted by Crippen LogP contribution is 2.14. The molecule has 0 aliphatic carbocycles. The number of aryl methyl sites for hydroxylation is 1. The molecule has 0 aliphatic rings. The normalized spacial score (nSPS) is 11.7. The molecule has 0 saturated heterocycles. The number of hydrogen-bond acceptors (Lipinski definition) is 3. The van der Waals surface area contributed by atoms with Crippen LogP contribution in [0.15, 0.2) is 54.6 Å². The molecule has 0 amide bonds. The minimum Gasteiger partial charge on any atom is -0.478 e. The van der Waals surface area contributed by atoms with Gasteiger partial charge in [0.2, 0.25) is 0 Å².